The number of amides is 1. The van der Waals surface area contributed by atoms with Crippen molar-refractivity contribution < 1.29 is 17.9 Å². The van der Waals surface area contributed by atoms with Crippen molar-refractivity contribution in [3.05, 3.63) is 52.9 Å². The number of anilines is 1. The zero-order chi connectivity index (χ0) is 22.1. The van der Waals surface area contributed by atoms with Gasteiger partial charge in [-0.1, -0.05) is 6.92 Å². The number of imidazole rings is 1. The maximum absolute atomic E-state index is 13.1. The van der Waals surface area contributed by atoms with Crippen LogP contribution in [0.4, 0.5) is 5.69 Å². The van der Waals surface area contributed by atoms with Crippen molar-refractivity contribution in [3.63, 3.8) is 0 Å². The molecule has 1 heterocycles. The lowest BCUT2D eigenvalue weighted by Crippen LogP contribution is -2.37. The van der Waals surface area contributed by atoms with Crippen molar-refractivity contribution in [3.8, 4) is 5.75 Å². The van der Waals surface area contributed by atoms with Crippen LogP contribution in [0, 0.1) is 0 Å². The van der Waals surface area contributed by atoms with E-state index in [4.69, 9.17) is 4.74 Å². The van der Waals surface area contributed by atoms with Crippen molar-refractivity contribution >= 4 is 32.7 Å². The average Bonchev–Trinajstić information content (AvgIpc) is 2.96. The molecule has 160 valence electrons. The number of rotatable bonds is 7. The molecule has 0 atom stereocenters. The number of sulfonamides is 1. The second kappa shape index (κ2) is 8.33. The van der Waals surface area contributed by atoms with Crippen LogP contribution in [0.3, 0.4) is 0 Å². The first-order valence-electron chi connectivity index (χ1n) is 9.28. The molecule has 2 aromatic carbocycles. The van der Waals surface area contributed by atoms with Crippen molar-refractivity contribution in [2.45, 2.75) is 11.8 Å². The quantitative estimate of drug-likeness (QED) is 0.610. The van der Waals surface area contributed by atoms with Gasteiger partial charge in [-0.05, 0) is 42.5 Å². The number of nitrogens with one attached hydrogen (secondary N) is 1. The molecule has 0 unspecified atom stereocenters. The highest BCUT2D eigenvalue weighted by Gasteiger charge is 2.26. The Bertz CT molecular complexity index is 1240. The molecule has 0 bridgehead atoms. The number of aryl methyl sites for hydroxylation is 2. The van der Waals surface area contributed by atoms with Crippen LogP contribution < -0.4 is 15.7 Å². The summed E-state index contributed by atoms with van der Waals surface area (Å²) in [4.78, 5) is 24.6. The van der Waals surface area contributed by atoms with Crippen molar-refractivity contribution in [2.24, 2.45) is 14.1 Å². The van der Waals surface area contributed by atoms with E-state index in [0.29, 0.717) is 22.5 Å². The molecule has 0 aliphatic rings. The number of hydrogen-bond acceptors (Lipinski definition) is 5. The fraction of sp³-hybridized carbons (Fsp3) is 0.300. The van der Waals surface area contributed by atoms with Gasteiger partial charge in [0, 0.05) is 26.3 Å². The van der Waals surface area contributed by atoms with Crippen LogP contribution in [-0.2, 0) is 28.9 Å². The lowest BCUT2D eigenvalue weighted by atomic mass is 10.3. The standard InChI is InChI=1S/C20H24N4O5S/c1-5-24(13-19(25)21-14-6-8-15(29-4)9-7-14)30(27,28)16-10-11-17-18(12-16)23(3)20(26)22(17)2/h6-12H,5,13H2,1-4H3,(H,21,25). The van der Waals surface area contributed by atoms with Crippen molar-refractivity contribution in [1.29, 1.82) is 0 Å². The minimum atomic E-state index is -3.93. The number of ether oxygens (including phenoxy) is 1. The van der Waals surface area contributed by atoms with Crippen LogP contribution >= 0.6 is 0 Å². The molecule has 1 N–H and O–H groups in total. The van der Waals surface area contributed by atoms with Gasteiger partial charge in [-0.25, -0.2) is 13.2 Å². The molecule has 0 aliphatic carbocycles. The van der Waals surface area contributed by atoms with Gasteiger partial charge in [-0.15, -0.1) is 0 Å². The van der Waals surface area contributed by atoms with Crippen LogP contribution in [0.1, 0.15) is 6.92 Å². The SMILES string of the molecule is CCN(CC(=O)Nc1ccc(OC)cc1)S(=O)(=O)c1ccc2c(c1)n(C)c(=O)n2C. The van der Waals surface area contributed by atoms with Gasteiger partial charge < -0.3 is 10.1 Å². The average molecular weight is 433 g/mol. The molecule has 0 fully saturated rings. The topological polar surface area (TPSA) is 103 Å². The molecule has 0 saturated heterocycles. The van der Waals surface area contributed by atoms with Gasteiger partial charge in [0.05, 0.1) is 29.6 Å². The Kier molecular flexibility index (Phi) is 5.99. The van der Waals surface area contributed by atoms with E-state index in [1.807, 2.05) is 0 Å². The lowest BCUT2D eigenvalue weighted by molar-refractivity contribution is -0.116. The fourth-order valence-electron chi connectivity index (χ4n) is 3.20. The third kappa shape index (κ3) is 3.96. The molecule has 9 nitrogen and oxygen atoms in total. The molecule has 30 heavy (non-hydrogen) atoms. The smallest absolute Gasteiger partial charge is 0.328 e. The molecule has 0 saturated carbocycles. The maximum Gasteiger partial charge on any atom is 0.328 e. The Balaban J connectivity index is 1.84. The van der Waals surface area contributed by atoms with E-state index in [1.54, 1.807) is 58.5 Å². The number of nitrogens with zero attached hydrogens (tertiary/aromatic N) is 3. The molecule has 3 aromatic rings. The van der Waals surface area contributed by atoms with Gasteiger partial charge in [0.2, 0.25) is 15.9 Å². The maximum atomic E-state index is 13.1. The molecular formula is C20H24N4O5S. The number of carbonyl (C=O) groups excluding carboxylic acids is 1. The summed E-state index contributed by atoms with van der Waals surface area (Å²) in [6.45, 7) is 1.44. The molecule has 1 aromatic heterocycles. The predicted octanol–water partition coefficient (Wildman–Crippen LogP) is 1.53. The van der Waals surface area contributed by atoms with Gasteiger partial charge in [0.15, 0.2) is 0 Å². The van der Waals surface area contributed by atoms with Gasteiger partial charge >= 0.3 is 5.69 Å². The van der Waals surface area contributed by atoms with Gasteiger partial charge in [-0.3, -0.25) is 13.9 Å². The van der Waals surface area contributed by atoms with E-state index in [0.717, 1.165) is 4.31 Å². The minimum absolute atomic E-state index is 0.0234. The van der Waals surface area contributed by atoms with Crippen molar-refractivity contribution in [1.82, 2.24) is 13.4 Å². The zero-order valence-electron chi connectivity index (χ0n) is 17.2. The number of carbonyl (C=O) groups is 1. The Morgan fingerprint density at radius 2 is 1.70 bits per heavy atom. The molecular weight excluding hydrogens is 408 g/mol. The molecule has 3 rings (SSSR count). The van der Waals surface area contributed by atoms with Gasteiger partial charge in [0.25, 0.3) is 0 Å². The number of methoxy groups -OCH3 is 1. The second-order valence-electron chi connectivity index (χ2n) is 6.76. The molecule has 10 heteroatoms. The highest BCUT2D eigenvalue weighted by atomic mass is 32.2. The summed E-state index contributed by atoms with van der Waals surface area (Å²) in [6.07, 6.45) is 0. The first kappa shape index (κ1) is 21.6. The summed E-state index contributed by atoms with van der Waals surface area (Å²) < 4.78 is 35.2. The monoisotopic (exact) mass is 432 g/mol. The summed E-state index contributed by atoms with van der Waals surface area (Å²) in [7, 11) is 0.821. The normalized spacial score (nSPS) is 11.8. The van der Waals surface area contributed by atoms with Crippen LogP contribution in [-0.4, -0.2) is 48.0 Å². The number of hydrogen-bond donors (Lipinski definition) is 1. The van der Waals surface area contributed by atoms with Crippen LogP contribution in [0.2, 0.25) is 0 Å². The van der Waals surface area contributed by atoms with E-state index in [-0.39, 0.29) is 23.7 Å². The highest BCUT2D eigenvalue weighted by Crippen LogP contribution is 2.21. The third-order valence-electron chi connectivity index (χ3n) is 4.93. The van der Waals surface area contributed by atoms with E-state index in [9.17, 15) is 18.0 Å². The highest BCUT2D eigenvalue weighted by molar-refractivity contribution is 7.89. The Labute approximate surface area is 174 Å². The molecule has 0 aliphatic heterocycles. The second-order valence-corrected chi connectivity index (χ2v) is 8.70. The zero-order valence-corrected chi connectivity index (χ0v) is 18.1. The van der Waals surface area contributed by atoms with Gasteiger partial charge in [0.1, 0.15) is 5.75 Å². The fourth-order valence-corrected chi connectivity index (χ4v) is 4.62. The largest absolute Gasteiger partial charge is 0.497 e. The number of fused-ring (bicyclic) bond motifs is 1. The lowest BCUT2D eigenvalue weighted by Gasteiger charge is -2.20. The predicted molar refractivity (Wildman–Crippen MR) is 114 cm³/mol. The van der Waals surface area contributed by atoms with Crippen molar-refractivity contribution in [2.75, 3.05) is 25.5 Å². The molecule has 0 radical (unpaired) electrons. The first-order valence-corrected chi connectivity index (χ1v) is 10.7. The van der Waals surface area contributed by atoms with Crippen LogP contribution in [0.25, 0.3) is 11.0 Å². The Morgan fingerprint density at radius 3 is 2.30 bits per heavy atom. The summed E-state index contributed by atoms with van der Waals surface area (Å²) in [5, 5.41) is 2.68. The third-order valence-corrected chi connectivity index (χ3v) is 6.84. The van der Waals surface area contributed by atoms with Crippen LogP contribution in [0.15, 0.2) is 52.2 Å². The molecule has 0 spiro atoms. The van der Waals surface area contributed by atoms with E-state index < -0.39 is 15.9 Å². The minimum Gasteiger partial charge on any atom is -0.497 e. The Hall–Kier alpha value is -3.11. The number of aromatic nitrogens is 2. The number of likely N-dealkylation sites (N-methyl/N-ethyl adjacent to an activating group) is 1. The summed E-state index contributed by atoms with van der Waals surface area (Å²) in [5.41, 5.74) is 1.42. The summed E-state index contributed by atoms with van der Waals surface area (Å²) >= 11 is 0. The Morgan fingerprint density at radius 1 is 1.07 bits per heavy atom. The summed E-state index contributed by atoms with van der Waals surface area (Å²) in [6, 6.07) is 11.2. The van der Waals surface area contributed by atoms with Crippen LogP contribution in [0.5, 0.6) is 5.75 Å². The summed E-state index contributed by atoms with van der Waals surface area (Å²) in [5.74, 6) is 0.190. The van der Waals surface area contributed by atoms with E-state index in [1.165, 1.54) is 21.3 Å². The van der Waals surface area contributed by atoms with E-state index in [2.05, 4.69) is 5.32 Å². The molecule has 1 amide bonds. The number of benzene rings is 2. The van der Waals surface area contributed by atoms with E-state index >= 15 is 0 Å². The van der Waals surface area contributed by atoms with Gasteiger partial charge in [-0.2, -0.15) is 4.31 Å². The first-order chi connectivity index (χ1) is 14.2.